The second-order valence-electron chi connectivity index (χ2n) is 2.99. The second-order valence-corrected chi connectivity index (χ2v) is 3.40. The number of rotatable bonds is 4. The summed E-state index contributed by atoms with van der Waals surface area (Å²) < 4.78 is 0. The van der Waals surface area contributed by atoms with Crippen molar-refractivity contribution in [3.8, 4) is 0 Å². The minimum Gasteiger partial charge on any atom is -0.375 e. The van der Waals surface area contributed by atoms with Crippen molar-refractivity contribution in [1.29, 1.82) is 0 Å². The Morgan fingerprint density at radius 2 is 2.46 bits per heavy atom. The SMILES string of the molecule is CCCCNC(=S)c1cnc(C)[nH]1. The van der Waals surface area contributed by atoms with Gasteiger partial charge in [-0.15, -0.1) is 0 Å². The van der Waals surface area contributed by atoms with Crippen LogP contribution in [0.25, 0.3) is 0 Å². The molecule has 0 fully saturated rings. The molecular formula is C9H15N3S. The van der Waals surface area contributed by atoms with E-state index in [4.69, 9.17) is 12.2 Å². The highest BCUT2D eigenvalue weighted by Crippen LogP contribution is 1.96. The van der Waals surface area contributed by atoms with E-state index in [9.17, 15) is 0 Å². The van der Waals surface area contributed by atoms with Gasteiger partial charge in [0.25, 0.3) is 0 Å². The Morgan fingerprint density at radius 1 is 1.69 bits per heavy atom. The number of unbranched alkanes of at least 4 members (excludes halogenated alkanes) is 1. The molecule has 0 saturated carbocycles. The molecular weight excluding hydrogens is 182 g/mol. The van der Waals surface area contributed by atoms with Crippen molar-refractivity contribution in [2.45, 2.75) is 26.7 Å². The number of nitrogens with zero attached hydrogens (tertiary/aromatic N) is 1. The van der Waals surface area contributed by atoms with Crippen LogP contribution in [0.3, 0.4) is 0 Å². The topological polar surface area (TPSA) is 40.7 Å². The van der Waals surface area contributed by atoms with Gasteiger partial charge in [0, 0.05) is 6.54 Å². The molecule has 1 heterocycles. The highest BCUT2D eigenvalue weighted by atomic mass is 32.1. The molecule has 13 heavy (non-hydrogen) atoms. The van der Waals surface area contributed by atoms with Crippen molar-refractivity contribution in [3.63, 3.8) is 0 Å². The zero-order chi connectivity index (χ0) is 9.68. The summed E-state index contributed by atoms with van der Waals surface area (Å²) in [4.78, 5) is 7.93. The van der Waals surface area contributed by atoms with Gasteiger partial charge >= 0.3 is 0 Å². The smallest absolute Gasteiger partial charge is 0.124 e. The lowest BCUT2D eigenvalue weighted by Gasteiger charge is -2.03. The van der Waals surface area contributed by atoms with E-state index < -0.39 is 0 Å². The molecule has 0 aromatic carbocycles. The summed E-state index contributed by atoms with van der Waals surface area (Å²) in [5, 5.41) is 3.17. The predicted molar refractivity (Wildman–Crippen MR) is 57.9 cm³/mol. The standard InChI is InChI=1S/C9H15N3S/c1-3-4-5-10-9(13)8-6-11-7(2)12-8/h6H,3-5H2,1-2H3,(H,10,13)(H,11,12). The molecule has 0 unspecified atom stereocenters. The summed E-state index contributed by atoms with van der Waals surface area (Å²) in [5.74, 6) is 0.898. The Balaban J connectivity index is 2.40. The summed E-state index contributed by atoms with van der Waals surface area (Å²) in [6, 6.07) is 0. The number of imidazole rings is 1. The fourth-order valence-electron chi connectivity index (χ4n) is 1.01. The van der Waals surface area contributed by atoms with Gasteiger partial charge < -0.3 is 10.3 Å². The molecule has 0 atom stereocenters. The van der Waals surface area contributed by atoms with Gasteiger partial charge in [-0.1, -0.05) is 25.6 Å². The van der Waals surface area contributed by atoms with E-state index in [1.807, 2.05) is 6.92 Å². The van der Waals surface area contributed by atoms with Gasteiger partial charge in [0.2, 0.25) is 0 Å². The third kappa shape index (κ3) is 3.14. The Morgan fingerprint density at radius 3 is 3.00 bits per heavy atom. The number of hydrogen-bond donors (Lipinski definition) is 2. The van der Waals surface area contributed by atoms with Crippen molar-refractivity contribution >= 4 is 17.2 Å². The highest BCUT2D eigenvalue weighted by Gasteiger charge is 2.01. The first-order valence-corrected chi connectivity index (χ1v) is 4.94. The van der Waals surface area contributed by atoms with Crippen LogP contribution in [-0.4, -0.2) is 21.5 Å². The van der Waals surface area contributed by atoms with E-state index in [1.54, 1.807) is 6.20 Å². The molecule has 0 aliphatic carbocycles. The van der Waals surface area contributed by atoms with E-state index in [0.717, 1.165) is 29.5 Å². The number of thiocarbonyl (C=S) groups is 1. The average molecular weight is 197 g/mol. The third-order valence-electron chi connectivity index (χ3n) is 1.76. The molecule has 0 aliphatic rings. The lowest BCUT2D eigenvalue weighted by atomic mass is 10.3. The maximum Gasteiger partial charge on any atom is 0.124 e. The minimum absolute atomic E-state index is 0.758. The van der Waals surface area contributed by atoms with E-state index >= 15 is 0 Å². The molecule has 72 valence electrons. The molecule has 0 bridgehead atoms. The van der Waals surface area contributed by atoms with Crippen molar-refractivity contribution in [3.05, 3.63) is 17.7 Å². The van der Waals surface area contributed by atoms with Gasteiger partial charge in [-0.2, -0.15) is 0 Å². The molecule has 0 spiro atoms. The fraction of sp³-hybridized carbons (Fsp3) is 0.556. The van der Waals surface area contributed by atoms with Gasteiger partial charge in [-0.25, -0.2) is 4.98 Å². The largest absolute Gasteiger partial charge is 0.375 e. The second kappa shape index (κ2) is 4.97. The first-order valence-electron chi connectivity index (χ1n) is 4.54. The Bertz CT molecular complexity index is 280. The summed E-state index contributed by atoms with van der Waals surface area (Å²) in [5.41, 5.74) is 0.906. The number of hydrogen-bond acceptors (Lipinski definition) is 2. The maximum absolute atomic E-state index is 5.16. The average Bonchev–Trinajstić information content (AvgIpc) is 2.52. The summed E-state index contributed by atoms with van der Waals surface area (Å²) >= 11 is 5.16. The van der Waals surface area contributed by atoms with Crippen molar-refractivity contribution in [1.82, 2.24) is 15.3 Å². The highest BCUT2D eigenvalue weighted by molar-refractivity contribution is 7.80. The lowest BCUT2D eigenvalue weighted by Crippen LogP contribution is -2.23. The van der Waals surface area contributed by atoms with Gasteiger partial charge in [-0.05, 0) is 13.3 Å². The number of H-pyrrole nitrogens is 1. The van der Waals surface area contributed by atoms with Crippen molar-refractivity contribution in [2.75, 3.05) is 6.54 Å². The van der Waals surface area contributed by atoms with Gasteiger partial charge in [-0.3, -0.25) is 0 Å². The van der Waals surface area contributed by atoms with Crippen LogP contribution < -0.4 is 5.32 Å². The monoisotopic (exact) mass is 197 g/mol. The van der Waals surface area contributed by atoms with Crippen LogP contribution in [-0.2, 0) is 0 Å². The van der Waals surface area contributed by atoms with Crippen LogP contribution in [0.2, 0.25) is 0 Å². The molecule has 0 saturated heterocycles. The normalized spacial score (nSPS) is 10.0. The van der Waals surface area contributed by atoms with Crippen LogP contribution in [0.5, 0.6) is 0 Å². The van der Waals surface area contributed by atoms with Crippen LogP contribution in [0.1, 0.15) is 31.3 Å². The number of aryl methyl sites for hydroxylation is 1. The Hall–Kier alpha value is -0.900. The Labute approximate surface area is 84.0 Å². The van der Waals surface area contributed by atoms with Gasteiger partial charge in [0.05, 0.1) is 11.9 Å². The molecule has 2 N–H and O–H groups in total. The van der Waals surface area contributed by atoms with Crippen molar-refractivity contribution in [2.24, 2.45) is 0 Å². The maximum atomic E-state index is 5.16. The molecule has 4 heteroatoms. The first kappa shape index (κ1) is 10.2. The molecule has 1 rings (SSSR count). The predicted octanol–water partition coefficient (Wildman–Crippen LogP) is 1.78. The van der Waals surface area contributed by atoms with Crippen LogP contribution >= 0.6 is 12.2 Å². The molecule has 1 aromatic heterocycles. The molecule has 1 aromatic rings. The summed E-state index contributed by atoms with van der Waals surface area (Å²) in [7, 11) is 0. The molecule has 3 nitrogen and oxygen atoms in total. The van der Waals surface area contributed by atoms with Crippen molar-refractivity contribution < 1.29 is 0 Å². The number of aromatic nitrogens is 2. The fourth-order valence-corrected chi connectivity index (χ4v) is 1.22. The Kier molecular flexibility index (Phi) is 3.89. The zero-order valence-electron chi connectivity index (χ0n) is 8.05. The van der Waals surface area contributed by atoms with E-state index in [2.05, 4.69) is 22.2 Å². The first-order chi connectivity index (χ1) is 6.24. The zero-order valence-corrected chi connectivity index (χ0v) is 8.87. The number of nitrogens with one attached hydrogen (secondary N) is 2. The third-order valence-corrected chi connectivity index (χ3v) is 2.13. The minimum atomic E-state index is 0.758. The van der Waals surface area contributed by atoms with Gasteiger partial charge in [0.1, 0.15) is 10.8 Å². The lowest BCUT2D eigenvalue weighted by molar-refractivity contribution is 0.758. The van der Waals surface area contributed by atoms with Crippen LogP contribution in [0.4, 0.5) is 0 Å². The molecule has 0 radical (unpaired) electrons. The summed E-state index contributed by atoms with van der Waals surface area (Å²) in [6.45, 7) is 5.01. The van der Waals surface area contributed by atoms with Crippen LogP contribution in [0, 0.1) is 6.92 Å². The molecule has 0 aliphatic heterocycles. The van der Waals surface area contributed by atoms with Crippen LogP contribution in [0.15, 0.2) is 6.20 Å². The van der Waals surface area contributed by atoms with E-state index in [-0.39, 0.29) is 0 Å². The van der Waals surface area contributed by atoms with E-state index in [0.29, 0.717) is 0 Å². The summed E-state index contributed by atoms with van der Waals surface area (Å²) in [6.07, 6.45) is 4.08. The number of aromatic amines is 1. The molecule has 0 amide bonds. The van der Waals surface area contributed by atoms with Gasteiger partial charge in [0.15, 0.2) is 0 Å². The quantitative estimate of drug-likeness (QED) is 0.571. The van der Waals surface area contributed by atoms with E-state index in [1.165, 1.54) is 6.42 Å².